The van der Waals surface area contributed by atoms with Gasteiger partial charge in [0.2, 0.25) is 5.28 Å². The molecule has 13 heteroatoms. The Kier molecular flexibility index (Phi) is 7.10. The SMILES string of the molecule is CC(Nc1nc(Cl)nc2c1ccn2[C@@H]1O[C@H](COCP(=O)(O)O)[C@@H](O)[C@H]1O)c1ccc(C2CC2)cc1. The summed E-state index contributed by atoms with van der Waals surface area (Å²) in [7, 11) is -4.37. The van der Waals surface area contributed by atoms with Crippen LogP contribution in [0.25, 0.3) is 11.0 Å². The highest BCUT2D eigenvalue weighted by atomic mass is 35.5. The molecule has 5 atom stereocenters. The third-order valence-electron chi connectivity index (χ3n) is 6.54. The number of halogens is 1. The van der Waals surface area contributed by atoms with E-state index >= 15 is 0 Å². The van der Waals surface area contributed by atoms with Crippen molar-refractivity contribution in [2.24, 2.45) is 0 Å². The summed E-state index contributed by atoms with van der Waals surface area (Å²) in [5, 5.41) is 25.1. The van der Waals surface area contributed by atoms with Gasteiger partial charge in [0.05, 0.1) is 12.0 Å². The van der Waals surface area contributed by atoms with Crippen molar-refractivity contribution in [1.82, 2.24) is 14.5 Å². The van der Waals surface area contributed by atoms with Crippen LogP contribution in [0.4, 0.5) is 5.82 Å². The Morgan fingerprint density at radius 1 is 1.19 bits per heavy atom. The lowest BCUT2D eigenvalue weighted by Gasteiger charge is -2.19. The molecule has 1 unspecified atom stereocenters. The second-order valence-corrected chi connectivity index (χ2v) is 11.2. The summed E-state index contributed by atoms with van der Waals surface area (Å²) in [6, 6.07) is 10.2. The fourth-order valence-corrected chi connectivity index (χ4v) is 4.98. The van der Waals surface area contributed by atoms with Crippen LogP contribution in [0, 0.1) is 0 Å². The number of nitrogens with one attached hydrogen (secondary N) is 1. The Hall–Kier alpha value is -2.08. The van der Waals surface area contributed by atoms with Gasteiger partial charge >= 0.3 is 7.60 Å². The largest absolute Gasteiger partial charge is 0.387 e. The van der Waals surface area contributed by atoms with Crippen LogP contribution in [0.1, 0.15) is 49.1 Å². The molecule has 5 N–H and O–H groups in total. The second-order valence-electron chi connectivity index (χ2n) is 9.32. The van der Waals surface area contributed by atoms with E-state index in [2.05, 4.69) is 39.6 Å². The van der Waals surface area contributed by atoms with E-state index < -0.39 is 38.5 Å². The number of aliphatic hydroxyl groups excluding tert-OH is 2. The Labute approximate surface area is 212 Å². The number of nitrogens with zero attached hydrogens (tertiary/aromatic N) is 3. The lowest BCUT2D eigenvalue weighted by Crippen LogP contribution is -2.33. The summed E-state index contributed by atoms with van der Waals surface area (Å²) >= 11 is 6.23. The van der Waals surface area contributed by atoms with Crippen molar-refractivity contribution in [2.45, 2.75) is 56.3 Å². The van der Waals surface area contributed by atoms with Crippen molar-refractivity contribution in [3.05, 3.63) is 52.9 Å². The summed E-state index contributed by atoms with van der Waals surface area (Å²) < 4.78 is 23.3. The molecule has 194 valence electrons. The predicted octanol–water partition coefficient (Wildman–Crippen LogP) is 2.91. The molecule has 3 aromatic rings. The normalized spacial score (nSPS) is 25.4. The first-order valence-electron chi connectivity index (χ1n) is 11.6. The highest BCUT2D eigenvalue weighted by molar-refractivity contribution is 7.51. The lowest BCUT2D eigenvalue weighted by molar-refractivity contribution is -0.0610. The molecule has 11 nitrogen and oxygen atoms in total. The summed E-state index contributed by atoms with van der Waals surface area (Å²) in [6.07, 6.45) is -1.36. The van der Waals surface area contributed by atoms with Gasteiger partial charge in [0.15, 0.2) is 6.23 Å². The highest BCUT2D eigenvalue weighted by Gasteiger charge is 2.44. The van der Waals surface area contributed by atoms with Gasteiger partial charge in [0, 0.05) is 12.2 Å². The van der Waals surface area contributed by atoms with Crippen LogP contribution in [0.15, 0.2) is 36.5 Å². The maximum absolute atomic E-state index is 11.0. The number of fused-ring (bicyclic) bond motifs is 1. The third kappa shape index (κ3) is 5.44. The van der Waals surface area contributed by atoms with E-state index in [1.165, 1.54) is 18.4 Å². The number of benzene rings is 1. The van der Waals surface area contributed by atoms with Crippen molar-refractivity contribution in [3.63, 3.8) is 0 Å². The lowest BCUT2D eigenvalue weighted by atomic mass is 10.0. The molecule has 0 amide bonds. The van der Waals surface area contributed by atoms with Crippen molar-refractivity contribution in [1.29, 1.82) is 0 Å². The Balaban J connectivity index is 1.35. The van der Waals surface area contributed by atoms with Crippen LogP contribution in [0.5, 0.6) is 0 Å². The standard InChI is InChI=1S/C23H28ClN4O7P/c1-12(13-2-4-14(5-3-13)15-6-7-15)25-20-16-8-9-28(21(16)27-23(24)26-20)22-19(30)18(29)17(35-22)10-34-11-36(31,32)33/h2-5,8-9,12,15,17-19,22,29-30H,6-7,10-11H2,1H3,(H,25,26,27)(H2,31,32,33)/t12?,17-,18-,19-,22-/m1/s1. The Morgan fingerprint density at radius 2 is 1.92 bits per heavy atom. The number of ether oxygens (including phenoxy) is 2. The van der Waals surface area contributed by atoms with Crippen molar-refractivity contribution in [2.75, 3.05) is 18.3 Å². The van der Waals surface area contributed by atoms with E-state index in [9.17, 15) is 14.8 Å². The van der Waals surface area contributed by atoms with Gasteiger partial charge in [-0.15, -0.1) is 0 Å². The quantitative estimate of drug-likeness (QED) is 0.202. The fourth-order valence-electron chi connectivity index (χ4n) is 4.47. The van der Waals surface area contributed by atoms with Gasteiger partial charge in [0.25, 0.3) is 0 Å². The molecule has 5 rings (SSSR count). The van der Waals surface area contributed by atoms with Gasteiger partial charge in [0.1, 0.15) is 36.1 Å². The fraction of sp³-hybridized carbons (Fsp3) is 0.478. The maximum Gasteiger partial charge on any atom is 0.350 e. The van der Waals surface area contributed by atoms with E-state index in [4.69, 9.17) is 30.9 Å². The minimum atomic E-state index is -4.37. The number of hydrogen-bond acceptors (Lipinski definition) is 8. The van der Waals surface area contributed by atoms with E-state index in [0.29, 0.717) is 22.8 Å². The molecule has 3 heterocycles. The Morgan fingerprint density at radius 3 is 2.58 bits per heavy atom. The molecule has 0 spiro atoms. The maximum atomic E-state index is 11.0. The second kappa shape index (κ2) is 10.00. The number of anilines is 1. The first kappa shape index (κ1) is 25.6. The van der Waals surface area contributed by atoms with Gasteiger partial charge in [-0.25, -0.2) is 4.98 Å². The molecule has 1 aromatic carbocycles. The monoisotopic (exact) mass is 538 g/mol. The van der Waals surface area contributed by atoms with E-state index in [1.807, 2.05) is 6.92 Å². The third-order valence-corrected chi connectivity index (χ3v) is 7.22. The van der Waals surface area contributed by atoms with Crippen LogP contribution >= 0.6 is 19.2 Å². The molecular weight excluding hydrogens is 511 g/mol. The zero-order chi connectivity index (χ0) is 25.6. The average Bonchev–Trinajstić information content (AvgIpc) is 3.54. The summed E-state index contributed by atoms with van der Waals surface area (Å²) in [6.45, 7) is 1.71. The topological polar surface area (TPSA) is 159 Å². The minimum absolute atomic E-state index is 0.00389. The molecule has 2 fully saturated rings. The van der Waals surface area contributed by atoms with Crippen LogP contribution in [0.3, 0.4) is 0 Å². The molecular formula is C23H28ClN4O7P. The predicted molar refractivity (Wildman–Crippen MR) is 132 cm³/mol. The number of hydrogen-bond donors (Lipinski definition) is 5. The van der Waals surface area contributed by atoms with Crippen molar-refractivity contribution < 1.29 is 34.0 Å². The molecule has 36 heavy (non-hydrogen) atoms. The van der Waals surface area contributed by atoms with Gasteiger partial charge in [-0.2, -0.15) is 4.98 Å². The van der Waals surface area contributed by atoms with Crippen LogP contribution < -0.4 is 5.32 Å². The molecule has 2 aromatic heterocycles. The summed E-state index contributed by atoms with van der Waals surface area (Å²) in [5.74, 6) is 1.20. The number of aromatic nitrogens is 3. The number of aliphatic hydroxyl groups is 2. The van der Waals surface area contributed by atoms with Gasteiger partial charge in [-0.05, 0) is 54.5 Å². The van der Waals surface area contributed by atoms with Gasteiger partial charge in [-0.1, -0.05) is 24.3 Å². The minimum Gasteiger partial charge on any atom is -0.387 e. The van der Waals surface area contributed by atoms with E-state index in [1.54, 1.807) is 16.8 Å². The van der Waals surface area contributed by atoms with Gasteiger partial charge < -0.3 is 39.4 Å². The first-order chi connectivity index (χ1) is 17.1. The molecule has 1 saturated carbocycles. The first-order valence-corrected chi connectivity index (χ1v) is 13.8. The summed E-state index contributed by atoms with van der Waals surface area (Å²) in [5.41, 5.74) is 2.84. The zero-order valence-electron chi connectivity index (χ0n) is 19.4. The molecule has 1 aliphatic carbocycles. The molecule has 1 aliphatic heterocycles. The van der Waals surface area contributed by atoms with Crippen molar-refractivity contribution in [3.8, 4) is 0 Å². The van der Waals surface area contributed by atoms with Crippen molar-refractivity contribution >= 4 is 36.0 Å². The smallest absolute Gasteiger partial charge is 0.350 e. The molecule has 2 aliphatic rings. The Bertz CT molecular complexity index is 1280. The van der Waals surface area contributed by atoms with Crippen LogP contribution in [-0.2, 0) is 14.0 Å². The molecule has 1 saturated heterocycles. The molecule has 0 bridgehead atoms. The van der Waals surface area contributed by atoms with Gasteiger partial charge in [-0.3, -0.25) is 4.57 Å². The van der Waals surface area contributed by atoms with E-state index in [0.717, 1.165) is 5.56 Å². The zero-order valence-corrected chi connectivity index (χ0v) is 21.1. The number of rotatable bonds is 9. The van der Waals surface area contributed by atoms with Crippen LogP contribution in [-0.4, -0.2) is 65.8 Å². The molecule has 0 radical (unpaired) electrons. The van der Waals surface area contributed by atoms with Crippen LogP contribution in [0.2, 0.25) is 5.28 Å². The highest BCUT2D eigenvalue weighted by Crippen LogP contribution is 2.40. The summed E-state index contributed by atoms with van der Waals surface area (Å²) in [4.78, 5) is 26.6. The van der Waals surface area contributed by atoms with E-state index in [-0.39, 0.29) is 17.9 Å². The average molecular weight is 539 g/mol.